The minimum Gasteiger partial charge on any atom is -0.399 e. The monoisotopic (exact) mass is 438 g/mol. The van der Waals surface area contributed by atoms with Gasteiger partial charge in [0.05, 0.1) is 41.3 Å². The standard InChI is InChI=1S/C20H28BFN2O5S/c1-13-17(21-28-19(2,3)20(4,5)29-21)10-16(11-18(13)22)30(25,26)24-14-6-7-15(8-9-23)27-12-14/h10-11,14-15,24H,6-8,12H2,1-5H3/t14-,15+/m0/s1. The van der Waals surface area contributed by atoms with Crippen LogP contribution in [0.3, 0.4) is 0 Å². The molecule has 2 saturated heterocycles. The van der Waals surface area contributed by atoms with Crippen molar-refractivity contribution in [3.63, 3.8) is 0 Å². The molecule has 1 N–H and O–H groups in total. The molecule has 2 aliphatic rings. The normalized spacial score (nSPS) is 25.8. The van der Waals surface area contributed by atoms with Gasteiger partial charge in [-0.15, -0.1) is 0 Å². The van der Waals surface area contributed by atoms with Crippen molar-refractivity contribution in [3.8, 4) is 6.07 Å². The molecule has 7 nitrogen and oxygen atoms in total. The smallest absolute Gasteiger partial charge is 0.399 e. The Labute approximate surface area is 178 Å². The summed E-state index contributed by atoms with van der Waals surface area (Å²) in [5.74, 6) is -0.642. The lowest BCUT2D eigenvalue weighted by Crippen LogP contribution is -2.43. The maximum Gasteiger partial charge on any atom is 0.495 e. The van der Waals surface area contributed by atoms with Crippen LogP contribution >= 0.6 is 0 Å². The highest BCUT2D eigenvalue weighted by atomic mass is 32.2. The van der Waals surface area contributed by atoms with Gasteiger partial charge < -0.3 is 14.0 Å². The third-order valence-electron chi connectivity index (χ3n) is 6.19. The van der Waals surface area contributed by atoms with E-state index in [1.165, 1.54) is 6.07 Å². The highest BCUT2D eigenvalue weighted by Crippen LogP contribution is 2.37. The first kappa shape index (κ1) is 23.2. The second-order valence-electron chi connectivity index (χ2n) is 8.92. The molecule has 30 heavy (non-hydrogen) atoms. The molecule has 2 heterocycles. The van der Waals surface area contributed by atoms with E-state index in [0.717, 1.165) is 6.07 Å². The fourth-order valence-electron chi connectivity index (χ4n) is 3.49. The van der Waals surface area contributed by atoms with Crippen molar-refractivity contribution in [2.24, 2.45) is 0 Å². The van der Waals surface area contributed by atoms with Crippen molar-refractivity contribution in [3.05, 3.63) is 23.5 Å². The molecule has 2 fully saturated rings. The number of ether oxygens (including phenoxy) is 1. The zero-order valence-electron chi connectivity index (χ0n) is 18.0. The first-order valence-electron chi connectivity index (χ1n) is 10.0. The van der Waals surface area contributed by atoms with Gasteiger partial charge in [-0.25, -0.2) is 17.5 Å². The van der Waals surface area contributed by atoms with E-state index < -0.39 is 40.2 Å². The van der Waals surface area contributed by atoms with Crippen molar-refractivity contribution < 1.29 is 26.9 Å². The summed E-state index contributed by atoms with van der Waals surface area (Å²) in [5.41, 5.74) is -0.629. The number of nitriles is 1. The van der Waals surface area contributed by atoms with Crippen LogP contribution in [-0.4, -0.2) is 45.5 Å². The van der Waals surface area contributed by atoms with E-state index in [2.05, 4.69) is 10.8 Å². The molecule has 0 bridgehead atoms. The molecule has 0 saturated carbocycles. The van der Waals surface area contributed by atoms with Gasteiger partial charge in [-0.3, -0.25) is 0 Å². The van der Waals surface area contributed by atoms with Gasteiger partial charge in [0.25, 0.3) is 0 Å². The first-order chi connectivity index (χ1) is 13.9. The Balaban J connectivity index is 1.82. The molecule has 0 spiro atoms. The Morgan fingerprint density at radius 3 is 2.40 bits per heavy atom. The second kappa shape index (κ2) is 8.21. The lowest BCUT2D eigenvalue weighted by molar-refractivity contribution is 0.00523. The highest BCUT2D eigenvalue weighted by Gasteiger charge is 2.52. The van der Waals surface area contributed by atoms with E-state index in [-0.39, 0.29) is 29.6 Å². The predicted molar refractivity (Wildman–Crippen MR) is 110 cm³/mol. The molecular formula is C20H28BFN2O5S. The number of rotatable bonds is 5. The fraction of sp³-hybridized carbons (Fsp3) is 0.650. The van der Waals surface area contributed by atoms with Gasteiger partial charge in [-0.05, 0) is 70.6 Å². The molecule has 0 aliphatic carbocycles. The summed E-state index contributed by atoms with van der Waals surface area (Å²) in [6, 6.07) is 4.03. The number of nitrogens with zero attached hydrogens (tertiary/aromatic N) is 1. The molecule has 0 unspecified atom stereocenters. The van der Waals surface area contributed by atoms with Crippen LogP contribution in [-0.2, 0) is 24.1 Å². The van der Waals surface area contributed by atoms with Crippen molar-refractivity contribution in [2.45, 2.75) is 82.1 Å². The van der Waals surface area contributed by atoms with Crippen LogP contribution in [0, 0.1) is 24.1 Å². The molecule has 1 aromatic rings. The lowest BCUT2D eigenvalue weighted by atomic mass is 9.76. The van der Waals surface area contributed by atoms with Crippen LogP contribution < -0.4 is 10.2 Å². The van der Waals surface area contributed by atoms with Gasteiger partial charge in [0.2, 0.25) is 10.0 Å². The molecular weight excluding hydrogens is 410 g/mol. The average molecular weight is 438 g/mol. The molecule has 10 heteroatoms. The minimum absolute atomic E-state index is 0.171. The van der Waals surface area contributed by atoms with Gasteiger partial charge in [0.15, 0.2) is 0 Å². The summed E-state index contributed by atoms with van der Waals surface area (Å²) in [7, 11) is -4.86. The second-order valence-corrected chi connectivity index (χ2v) is 10.6. The van der Waals surface area contributed by atoms with Crippen LogP contribution in [0.2, 0.25) is 0 Å². The van der Waals surface area contributed by atoms with Crippen LogP contribution in [0.15, 0.2) is 17.0 Å². The molecule has 0 amide bonds. The molecule has 2 aliphatic heterocycles. The Kier molecular flexibility index (Phi) is 6.34. The third-order valence-corrected chi connectivity index (χ3v) is 7.69. The average Bonchev–Trinajstić information content (AvgIpc) is 2.86. The maximum atomic E-state index is 14.7. The predicted octanol–water partition coefficient (Wildman–Crippen LogP) is 2.17. The summed E-state index contributed by atoms with van der Waals surface area (Å²) < 4.78 is 60.6. The van der Waals surface area contributed by atoms with Gasteiger partial charge in [0.1, 0.15) is 5.82 Å². The van der Waals surface area contributed by atoms with E-state index in [0.29, 0.717) is 18.3 Å². The summed E-state index contributed by atoms with van der Waals surface area (Å²) in [4.78, 5) is -0.186. The summed E-state index contributed by atoms with van der Waals surface area (Å²) in [5, 5.41) is 8.75. The third kappa shape index (κ3) is 4.55. The number of sulfonamides is 1. The van der Waals surface area contributed by atoms with Crippen LogP contribution in [0.5, 0.6) is 0 Å². The molecule has 164 valence electrons. The van der Waals surface area contributed by atoms with Gasteiger partial charge >= 0.3 is 7.12 Å². The zero-order valence-corrected chi connectivity index (χ0v) is 18.8. The number of hydrogen-bond donors (Lipinski definition) is 1. The lowest BCUT2D eigenvalue weighted by Gasteiger charge is -2.32. The summed E-state index contributed by atoms with van der Waals surface area (Å²) in [6.45, 7) is 9.26. The summed E-state index contributed by atoms with van der Waals surface area (Å²) >= 11 is 0. The number of nitrogens with one attached hydrogen (secondary N) is 1. The van der Waals surface area contributed by atoms with Crippen LogP contribution in [0.25, 0.3) is 0 Å². The molecule has 0 aromatic heterocycles. The van der Waals surface area contributed by atoms with Gasteiger partial charge in [-0.1, -0.05) is 0 Å². The Hall–Kier alpha value is -1.51. The maximum absolute atomic E-state index is 14.7. The topological polar surface area (TPSA) is 97.7 Å². The SMILES string of the molecule is Cc1c(F)cc(S(=O)(=O)N[C@H]2CC[C@H](CC#N)OC2)cc1B1OC(C)(C)C(C)(C)O1. The van der Waals surface area contributed by atoms with E-state index in [9.17, 15) is 12.8 Å². The minimum atomic E-state index is -3.98. The van der Waals surface area contributed by atoms with Crippen LogP contribution in [0.1, 0.15) is 52.5 Å². The first-order valence-corrected chi connectivity index (χ1v) is 11.5. The van der Waals surface area contributed by atoms with Gasteiger partial charge in [0, 0.05) is 6.04 Å². The quantitative estimate of drug-likeness (QED) is 0.708. The number of benzene rings is 1. The van der Waals surface area contributed by atoms with Crippen molar-refractivity contribution in [2.75, 3.05) is 6.61 Å². The molecule has 1 aromatic carbocycles. The van der Waals surface area contributed by atoms with E-state index in [1.807, 2.05) is 27.7 Å². The van der Waals surface area contributed by atoms with Gasteiger partial charge in [-0.2, -0.15) is 5.26 Å². The van der Waals surface area contributed by atoms with Crippen molar-refractivity contribution >= 4 is 22.6 Å². The summed E-state index contributed by atoms with van der Waals surface area (Å²) in [6.07, 6.45) is 1.23. The molecule has 2 atom stereocenters. The van der Waals surface area contributed by atoms with E-state index >= 15 is 0 Å². The fourth-order valence-corrected chi connectivity index (χ4v) is 4.79. The van der Waals surface area contributed by atoms with Crippen molar-refractivity contribution in [1.29, 1.82) is 5.26 Å². The molecule has 3 rings (SSSR count). The highest BCUT2D eigenvalue weighted by molar-refractivity contribution is 7.89. The zero-order chi connectivity index (χ0) is 22.3. The Bertz CT molecular complexity index is 937. The largest absolute Gasteiger partial charge is 0.495 e. The van der Waals surface area contributed by atoms with E-state index in [1.54, 1.807) is 6.92 Å². The van der Waals surface area contributed by atoms with Crippen molar-refractivity contribution in [1.82, 2.24) is 4.72 Å². The van der Waals surface area contributed by atoms with Crippen LogP contribution in [0.4, 0.5) is 4.39 Å². The van der Waals surface area contributed by atoms with E-state index in [4.69, 9.17) is 19.3 Å². The number of halogens is 1. The Morgan fingerprint density at radius 2 is 1.87 bits per heavy atom. The number of hydrogen-bond acceptors (Lipinski definition) is 6. The Morgan fingerprint density at radius 1 is 1.23 bits per heavy atom. The molecule has 0 radical (unpaired) electrons.